The summed E-state index contributed by atoms with van der Waals surface area (Å²) in [6.07, 6.45) is 0. The van der Waals surface area contributed by atoms with Crippen LogP contribution in [0.5, 0.6) is 0 Å². The molecule has 0 aliphatic heterocycles. The zero-order valence-electron chi connectivity index (χ0n) is 13.6. The summed E-state index contributed by atoms with van der Waals surface area (Å²) in [5, 5.41) is 12.4. The smallest absolute Gasteiger partial charge is 0.359 e. The first-order valence-electron chi connectivity index (χ1n) is 7.77. The highest BCUT2D eigenvalue weighted by Gasteiger charge is 2.16. The SMILES string of the molecule is O=C(OCc1cc(-c2ccc(F)cc2F)on1)c1cc(-c2cccs2)[nH]n1. The number of carbonyl (C=O) groups is 1. The first-order chi connectivity index (χ1) is 13.1. The second-order valence-corrected chi connectivity index (χ2v) is 6.47. The van der Waals surface area contributed by atoms with Crippen molar-refractivity contribution in [2.75, 3.05) is 0 Å². The number of halogens is 2. The molecule has 3 heterocycles. The lowest BCUT2D eigenvalue weighted by molar-refractivity contribution is 0.0457. The first kappa shape index (κ1) is 17.1. The Bertz CT molecular complexity index is 1090. The van der Waals surface area contributed by atoms with Crippen LogP contribution >= 0.6 is 11.3 Å². The molecule has 4 rings (SSSR count). The number of H-pyrrole nitrogens is 1. The maximum Gasteiger partial charge on any atom is 0.359 e. The van der Waals surface area contributed by atoms with E-state index in [-0.39, 0.29) is 29.3 Å². The van der Waals surface area contributed by atoms with Crippen molar-refractivity contribution in [3.8, 4) is 21.9 Å². The van der Waals surface area contributed by atoms with Gasteiger partial charge in [0.1, 0.15) is 23.9 Å². The predicted octanol–water partition coefficient (Wildman–Crippen LogP) is 4.43. The number of aromatic amines is 1. The molecule has 9 heteroatoms. The fourth-order valence-electron chi connectivity index (χ4n) is 2.39. The van der Waals surface area contributed by atoms with Gasteiger partial charge in [0.25, 0.3) is 0 Å². The fraction of sp³-hybridized carbons (Fsp3) is 0.0556. The van der Waals surface area contributed by atoms with Gasteiger partial charge in [0.15, 0.2) is 11.5 Å². The van der Waals surface area contributed by atoms with Gasteiger partial charge in [-0.25, -0.2) is 13.6 Å². The van der Waals surface area contributed by atoms with E-state index in [1.807, 2.05) is 17.5 Å². The van der Waals surface area contributed by atoms with Gasteiger partial charge in [0.05, 0.1) is 16.1 Å². The van der Waals surface area contributed by atoms with E-state index in [1.165, 1.54) is 23.5 Å². The number of ether oxygens (including phenoxy) is 1. The van der Waals surface area contributed by atoms with E-state index < -0.39 is 17.6 Å². The van der Waals surface area contributed by atoms with E-state index in [2.05, 4.69) is 15.4 Å². The van der Waals surface area contributed by atoms with Crippen molar-refractivity contribution in [3.05, 3.63) is 70.9 Å². The second-order valence-electron chi connectivity index (χ2n) is 5.53. The highest BCUT2D eigenvalue weighted by atomic mass is 32.1. The molecule has 136 valence electrons. The summed E-state index contributed by atoms with van der Waals surface area (Å²) >= 11 is 1.51. The van der Waals surface area contributed by atoms with Crippen molar-refractivity contribution < 1.29 is 22.8 Å². The molecule has 0 bridgehead atoms. The first-order valence-corrected chi connectivity index (χ1v) is 8.65. The molecule has 0 atom stereocenters. The molecule has 1 N–H and O–H groups in total. The average Bonchev–Trinajstić information content (AvgIpc) is 3.39. The number of rotatable bonds is 5. The molecule has 0 spiro atoms. The van der Waals surface area contributed by atoms with Gasteiger partial charge in [0.2, 0.25) is 0 Å². The number of nitrogens with zero attached hydrogens (tertiary/aromatic N) is 2. The Kier molecular flexibility index (Phi) is 4.51. The Hall–Kier alpha value is -3.33. The van der Waals surface area contributed by atoms with Crippen molar-refractivity contribution in [1.29, 1.82) is 0 Å². The molecule has 0 saturated carbocycles. The van der Waals surface area contributed by atoms with Crippen LogP contribution in [-0.4, -0.2) is 21.3 Å². The summed E-state index contributed by atoms with van der Waals surface area (Å²) in [6.45, 7) is -0.174. The second kappa shape index (κ2) is 7.12. The molecule has 0 unspecified atom stereocenters. The minimum atomic E-state index is -0.771. The maximum absolute atomic E-state index is 13.8. The van der Waals surface area contributed by atoms with Gasteiger partial charge in [-0.3, -0.25) is 5.10 Å². The molecule has 0 aliphatic rings. The molecule has 6 nitrogen and oxygen atoms in total. The number of hydrogen-bond donors (Lipinski definition) is 1. The van der Waals surface area contributed by atoms with Crippen molar-refractivity contribution in [1.82, 2.24) is 15.4 Å². The number of aromatic nitrogens is 3. The van der Waals surface area contributed by atoms with E-state index in [1.54, 1.807) is 6.07 Å². The van der Waals surface area contributed by atoms with Crippen LogP contribution in [0.15, 0.2) is 52.4 Å². The minimum Gasteiger partial charge on any atom is -0.454 e. The number of nitrogens with one attached hydrogen (secondary N) is 1. The number of hydrogen-bond acceptors (Lipinski definition) is 6. The van der Waals surface area contributed by atoms with Crippen LogP contribution in [0.4, 0.5) is 8.78 Å². The van der Waals surface area contributed by atoms with Crippen LogP contribution in [0.25, 0.3) is 21.9 Å². The lowest BCUT2D eigenvalue weighted by atomic mass is 10.1. The van der Waals surface area contributed by atoms with Gasteiger partial charge in [-0.1, -0.05) is 11.2 Å². The van der Waals surface area contributed by atoms with Gasteiger partial charge in [-0.05, 0) is 29.6 Å². The number of esters is 1. The Morgan fingerprint density at radius 3 is 2.89 bits per heavy atom. The van der Waals surface area contributed by atoms with Crippen LogP contribution in [0.1, 0.15) is 16.2 Å². The molecule has 0 saturated heterocycles. The van der Waals surface area contributed by atoms with Crippen LogP contribution in [0.3, 0.4) is 0 Å². The zero-order chi connectivity index (χ0) is 18.8. The van der Waals surface area contributed by atoms with Crippen molar-refractivity contribution in [3.63, 3.8) is 0 Å². The summed E-state index contributed by atoms with van der Waals surface area (Å²) in [5.74, 6) is -1.98. The zero-order valence-corrected chi connectivity index (χ0v) is 14.4. The average molecular weight is 387 g/mol. The van der Waals surface area contributed by atoms with E-state index in [9.17, 15) is 13.6 Å². The van der Waals surface area contributed by atoms with Crippen molar-refractivity contribution in [2.45, 2.75) is 6.61 Å². The molecular weight excluding hydrogens is 376 g/mol. The molecule has 0 fully saturated rings. The van der Waals surface area contributed by atoms with Crippen molar-refractivity contribution in [2.24, 2.45) is 0 Å². The molecule has 1 aromatic carbocycles. The topological polar surface area (TPSA) is 81.0 Å². The van der Waals surface area contributed by atoms with E-state index >= 15 is 0 Å². The third kappa shape index (κ3) is 3.63. The number of carbonyl (C=O) groups excluding carboxylic acids is 1. The Balaban J connectivity index is 1.42. The Labute approximate surface area is 155 Å². The van der Waals surface area contributed by atoms with E-state index in [0.29, 0.717) is 5.69 Å². The van der Waals surface area contributed by atoms with Crippen LogP contribution in [0, 0.1) is 11.6 Å². The Morgan fingerprint density at radius 2 is 2.11 bits per heavy atom. The van der Waals surface area contributed by atoms with Crippen LogP contribution in [-0.2, 0) is 11.3 Å². The molecular formula is C18H11F2N3O3S. The molecule has 27 heavy (non-hydrogen) atoms. The van der Waals surface area contributed by atoms with Gasteiger partial charge in [-0.2, -0.15) is 5.10 Å². The normalized spacial score (nSPS) is 10.9. The lowest BCUT2D eigenvalue weighted by Gasteiger charge is -1.98. The summed E-state index contributed by atoms with van der Waals surface area (Å²) in [7, 11) is 0. The van der Waals surface area contributed by atoms with Gasteiger partial charge in [0, 0.05) is 12.1 Å². The van der Waals surface area contributed by atoms with E-state index in [4.69, 9.17) is 9.26 Å². The van der Waals surface area contributed by atoms with Crippen LogP contribution in [0.2, 0.25) is 0 Å². The van der Waals surface area contributed by atoms with Crippen molar-refractivity contribution >= 4 is 17.3 Å². The molecule has 4 aromatic rings. The standard InChI is InChI=1S/C18H11F2N3O3S/c19-10-3-4-12(13(20)6-10)16-7-11(23-26-16)9-25-18(24)15-8-14(21-22-15)17-2-1-5-27-17/h1-8H,9H2,(H,21,22). The largest absolute Gasteiger partial charge is 0.454 e. The number of benzene rings is 1. The molecule has 3 aromatic heterocycles. The maximum atomic E-state index is 13.8. The summed E-state index contributed by atoms with van der Waals surface area (Å²) < 4.78 is 36.9. The molecule has 0 aliphatic carbocycles. The summed E-state index contributed by atoms with van der Waals surface area (Å²) in [5.41, 5.74) is 1.20. The van der Waals surface area contributed by atoms with E-state index in [0.717, 1.165) is 17.0 Å². The third-order valence-corrected chi connectivity index (χ3v) is 4.58. The number of thiophene rings is 1. The quantitative estimate of drug-likeness (QED) is 0.513. The van der Waals surface area contributed by atoms with Gasteiger partial charge >= 0.3 is 5.97 Å². The summed E-state index contributed by atoms with van der Waals surface area (Å²) in [4.78, 5) is 13.1. The minimum absolute atomic E-state index is 0.0642. The molecule has 0 radical (unpaired) electrons. The van der Waals surface area contributed by atoms with Crippen LogP contribution < -0.4 is 0 Å². The third-order valence-electron chi connectivity index (χ3n) is 3.68. The highest BCUT2D eigenvalue weighted by molar-refractivity contribution is 7.13. The monoisotopic (exact) mass is 387 g/mol. The van der Waals surface area contributed by atoms with Gasteiger partial charge < -0.3 is 9.26 Å². The Morgan fingerprint density at radius 1 is 1.22 bits per heavy atom. The summed E-state index contributed by atoms with van der Waals surface area (Å²) in [6, 6.07) is 9.92. The fourth-order valence-corrected chi connectivity index (χ4v) is 3.09. The molecule has 0 amide bonds. The predicted molar refractivity (Wildman–Crippen MR) is 92.9 cm³/mol. The lowest BCUT2D eigenvalue weighted by Crippen LogP contribution is -2.05. The van der Waals surface area contributed by atoms with Gasteiger partial charge in [-0.15, -0.1) is 11.3 Å². The highest BCUT2D eigenvalue weighted by Crippen LogP contribution is 2.25.